The van der Waals surface area contributed by atoms with Crippen LogP contribution in [0.3, 0.4) is 0 Å². The van der Waals surface area contributed by atoms with Crippen molar-refractivity contribution in [3.63, 3.8) is 0 Å². The Morgan fingerprint density at radius 3 is 2.09 bits per heavy atom. The predicted molar refractivity (Wildman–Crippen MR) is 142 cm³/mol. The molecule has 2 aliphatic rings. The van der Waals surface area contributed by atoms with E-state index < -0.39 is 0 Å². The minimum absolute atomic E-state index is 0.00209. The van der Waals surface area contributed by atoms with Crippen molar-refractivity contribution in [1.82, 2.24) is 15.2 Å². The van der Waals surface area contributed by atoms with E-state index >= 15 is 0 Å². The number of nitrogens with one attached hydrogen (secondary N) is 1. The lowest BCUT2D eigenvalue weighted by molar-refractivity contribution is -0.119. The molecular weight excluding hydrogens is 477 g/mol. The average Bonchev–Trinajstić information content (AvgIpc) is 3.10. The molecule has 2 fully saturated rings. The summed E-state index contributed by atoms with van der Waals surface area (Å²) in [5.41, 5.74) is 4.26. The van der Waals surface area contributed by atoms with Crippen LogP contribution in [0.1, 0.15) is 61.0 Å². The first kappa shape index (κ1) is 24.3. The van der Waals surface area contributed by atoms with E-state index in [4.69, 9.17) is 28.2 Å². The van der Waals surface area contributed by atoms with Gasteiger partial charge in [0.05, 0.1) is 11.7 Å². The zero-order valence-electron chi connectivity index (χ0n) is 20.2. The highest BCUT2D eigenvalue weighted by Gasteiger charge is 2.52. The number of amides is 1. The Kier molecular flexibility index (Phi) is 6.89. The molecule has 1 unspecified atom stereocenters. The Bertz CT molecular complexity index is 1170. The zero-order chi connectivity index (χ0) is 24.6. The first-order valence-corrected chi connectivity index (χ1v) is 13.1. The molecule has 2 aliphatic heterocycles. The average molecular weight is 508 g/mol. The van der Waals surface area contributed by atoms with E-state index in [1.807, 2.05) is 36.5 Å². The van der Waals surface area contributed by atoms with Crippen molar-refractivity contribution in [2.24, 2.45) is 0 Å². The lowest BCUT2D eigenvalue weighted by atomic mass is 9.70. The van der Waals surface area contributed by atoms with Gasteiger partial charge in [0, 0.05) is 47.2 Å². The van der Waals surface area contributed by atoms with Crippen LogP contribution in [-0.4, -0.2) is 34.4 Å². The molecular formula is C29H31Cl2N3O. The molecule has 2 aromatic carbocycles. The molecule has 0 aliphatic carbocycles. The van der Waals surface area contributed by atoms with Gasteiger partial charge in [-0.3, -0.25) is 14.7 Å². The molecule has 6 heteroatoms. The van der Waals surface area contributed by atoms with Crippen LogP contribution in [0.25, 0.3) is 0 Å². The molecule has 5 rings (SSSR count). The zero-order valence-corrected chi connectivity index (χ0v) is 21.7. The number of aromatic nitrogens is 1. The van der Waals surface area contributed by atoms with Crippen molar-refractivity contribution in [1.29, 1.82) is 0 Å². The Morgan fingerprint density at radius 2 is 1.57 bits per heavy atom. The van der Waals surface area contributed by atoms with Gasteiger partial charge in [-0.1, -0.05) is 65.7 Å². The van der Waals surface area contributed by atoms with Crippen LogP contribution in [-0.2, 0) is 10.2 Å². The van der Waals surface area contributed by atoms with E-state index in [1.54, 1.807) is 6.92 Å². The molecule has 2 saturated heterocycles. The molecule has 3 aromatic rings. The van der Waals surface area contributed by atoms with Crippen molar-refractivity contribution < 1.29 is 4.79 Å². The number of carbonyl (C=O) groups is 1. The fourth-order valence-corrected chi connectivity index (χ4v) is 6.92. The van der Waals surface area contributed by atoms with E-state index in [0.29, 0.717) is 18.6 Å². The third-order valence-corrected chi connectivity index (χ3v) is 8.50. The highest BCUT2D eigenvalue weighted by Crippen LogP contribution is 2.52. The first-order valence-electron chi connectivity index (χ1n) is 12.3. The summed E-state index contributed by atoms with van der Waals surface area (Å²) in [7, 11) is 0. The maximum atomic E-state index is 12.0. The second-order valence-corrected chi connectivity index (χ2v) is 10.9. The highest BCUT2D eigenvalue weighted by atomic mass is 35.5. The summed E-state index contributed by atoms with van der Waals surface area (Å²) in [6.07, 6.45) is 5.93. The van der Waals surface area contributed by atoms with Gasteiger partial charge in [0.25, 0.3) is 0 Å². The number of piperidine rings is 1. The van der Waals surface area contributed by atoms with Crippen molar-refractivity contribution in [2.45, 2.75) is 63.1 Å². The van der Waals surface area contributed by atoms with Crippen LogP contribution in [0.4, 0.5) is 0 Å². The van der Waals surface area contributed by atoms with E-state index in [2.05, 4.69) is 47.5 Å². The maximum Gasteiger partial charge on any atom is 0.216 e. The van der Waals surface area contributed by atoms with Crippen molar-refractivity contribution in [3.8, 4) is 0 Å². The quantitative estimate of drug-likeness (QED) is 0.414. The standard InChI is InChI=1S/C29H31Cl2N3O/c1-19-8-7-15-32-28(19)29(18-33-20(2)35)16-21-13-14-22(17-29)34(21)27(23-9-3-5-11-25(23)30)24-10-4-6-12-26(24)31/h3-12,15,21-22,27H,13-14,16-18H2,1-2H3,(H,33,35)/t21-,22+,29?. The van der Waals surface area contributed by atoms with E-state index in [-0.39, 0.29) is 17.4 Å². The van der Waals surface area contributed by atoms with Gasteiger partial charge >= 0.3 is 0 Å². The maximum absolute atomic E-state index is 12.0. The Morgan fingerprint density at radius 1 is 1.00 bits per heavy atom. The summed E-state index contributed by atoms with van der Waals surface area (Å²) in [5.74, 6) is -0.00209. The molecule has 0 radical (unpaired) electrons. The van der Waals surface area contributed by atoms with Gasteiger partial charge in [-0.15, -0.1) is 0 Å². The number of aryl methyl sites for hydroxylation is 1. The summed E-state index contributed by atoms with van der Waals surface area (Å²) >= 11 is 13.6. The lowest BCUT2D eigenvalue weighted by Crippen LogP contribution is -2.55. The van der Waals surface area contributed by atoms with Crippen LogP contribution in [0.15, 0.2) is 66.9 Å². The number of hydrogen-bond acceptors (Lipinski definition) is 3. The summed E-state index contributed by atoms with van der Waals surface area (Å²) in [4.78, 5) is 19.5. The monoisotopic (exact) mass is 507 g/mol. The third kappa shape index (κ3) is 4.60. The normalized spacial score (nSPS) is 24.0. The third-order valence-electron chi connectivity index (χ3n) is 7.81. The summed E-state index contributed by atoms with van der Waals surface area (Å²) in [6, 6.07) is 20.9. The first-order chi connectivity index (χ1) is 16.9. The fraction of sp³-hybridized carbons (Fsp3) is 0.379. The number of rotatable bonds is 6. The molecule has 1 aromatic heterocycles. The number of pyridine rings is 1. The topological polar surface area (TPSA) is 45.2 Å². The minimum atomic E-state index is -0.204. The predicted octanol–water partition coefficient (Wildman–Crippen LogP) is 6.49. The SMILES string of the molecule is CC(=O)NCC1(c2ncccc2C)C[C@H]2CC[C@@H](C1)N2C(c1ccccc1Cl)c1ccccc1Cl. The number of halogens is 2. The molecule has 182 valence electrons. The second kappa shape index (κ2) is 9.93. The minimum Gasteiger partial charge on any atom is -0.355 e. The summed E-state index contributed by atoms with van der Waals surface area (Å²) in [5, 5.41) is 4.65. The number of nitrogens with zero attached hydrogens (tertiary/aromatic N) is 2. The summed E-state index contributed by atoms with van der Waals surface area (Å²) in [6.45, 7) is 4.32. The highest BCUT2D eigenvalue weighted by molar-refractivity contribution is 6.32. The van der Waals surface area contributed by atoms with Gasteiger partial charge in [0.2, 0.25) is 5.91 Å². The molecule has 1 N–H and O–H groups in total. The molecule has 4 nitrogen and oxygen atoms in total. The second-order valence-electron chi connectivity index (χ2n) is 10.0. The number of benzene rings is 2. The van der Waals surface area contributed by atoms with Gasteiger partial charge < -0.3 is 5.32 Å². The van der Waals surface area contributed by atoms with Gasteiger partial charge in [-0.25, -0.2) is 0 Å². The van der Waals surface area contributed by atoms with Gasteiger partial charge in [-0.2, -0.15) is 0 Å². The summed E-state index contributed by atoms with van der Waals surface area (Å²) < 4.78 is 0. The van der Waals surface area contributed by atoms with E-state index in [1.165, 1.54) is 5.56 Å². The van der Waals surface area contributed by atoms with E-state index in [0.717, 1.165) is 52.5 Å². The van der Waals surface area contributed by atoms with Gasteiger partial charge in [-0.05, 0) is 67.5 Å². The Balaban J connectivity index is 1.58. The van der Waals surface area contributed by atoms with Crippen molar-refractivity contribution >= 4 is 29.1 Å². The molecule has 3 heterocycles. The number of hydrogen-bond donors (Lipinski definition) is 1. The molecule has 35 heavy (non-hydrogen) atoms. The molecule has 0 spiro atoms. The molecule has 0 saturated carbocycles. The van der Waals surface area contributed by atoms with Crippen molar-refractivity contribution in [2.75, 3.05) is 6.54 Å². The van der Waals surface area contributed by atoms with Crippen LogP contribution in [0.2, 0.25) is 10.0 Å². The molecule has 3 atom stereocenters. The molecule has 2 bridgehead atoms. The fourth-order valence-electron chi connectivity index (χ4n) is 6.44. The Hall–Kier alpha value is -2.40. The largest absolute Gasteiger partial charge is 0.355 e. The smallest absolute Gasteiger partial charge is 0.216 e. The molecule has 1 amide bonds. The van der Waals surface area contributed by atoms with Gasteiger partial charge in [0.15, 0.2) is 0 Å². The van der Waals surface area contributed by atoms with Crippen LogP contribution in [0, 0.1) is 6.92 Å². The van der Waals surface area contributed by atoms with Crippen LogP contribution in [0.5, 0.6) is 0 Å². The number of carbonyl (C=O) groups excluding carboxylic acids is 1. The lowest BCUT2D eigenvalue weighted by Gasteiger charge is -2.50. The van der Waals surface area contributed by atoms with Gasteiger partial charge in [0.1, 0.15) is 0 Å². The number of fused-ring (bicyclic) bond motifs is 2. The Labute approximate surface area is 217 Å². The van der Waals surface area contributed by atoms with Crippen LogP contribution >= 0.6 is 23.2 Å². The van der Waals surface area contributed by atoms with E-state index in [9.17, 15) is 4.79 Å². The van der Waals surface area contributed by atoms with Crippen LogP contribution < -0.4 is 5.32 Å². The van der Waals surface area contributed by atoms with Crippen molar-refractivity contribution in [3.05, 3.63) is 99.3 Å².